The Kier molecular flexibility index (Phi) is 5.89. The molecule has 34 heavy (non-hydrogen) atoms. The Morgan fingerprint density at radius 2 is 1.76 bits per heavy atom. The van der Waals surface area contributed by atoms with Crippen molar-refractivity contribution in [3.63, 3.8) is 0 Å². The van der Waals surface area contributed by atoms with E-state index in [1.165, 1.54) is 11.3 Å². The third-order valence-corrected chi connectivity index (χ3v) is 7.14. The van der Waals surface area contributed by atoms with Gasteiger partial charge in [-0.2, -0.15) is 0 Å². The highest BCUT2D eigenvalue weighted by Crippen LogP contribution is 2.32. The van der Waals surface area contributed by atoms with Crippen molar-refractivity contribution in [1.82, 2.24) is 24.0 Å². The summed E-state index contributed by atoms with van der Waals surface area (Å²) < 4.78 is 4.44. The van der Waals surface area contributed by atoms with Gasteiger partial charge in [0, 0.05) is 37.1 Å². The predicted molar refractivity (Wildman–Crippen MR) is 142 cm³/mol. The zero-order valence-electron chi connectivity index (χ0n) is 19.5. The van der Waals surface area contributed by atoms with Crippen molar-refractivity contribution in [1.29, 1.82) is 0 Å². The first-order valence-electron chi connectivity index (χ1n) is 10.9. The minimum Gasteiger partial charge on any atom is -0.348 e. The number of hydrogen-bond donors (Lipinski definition) is 0. The number of thiophene rings is 1. The molecule has 0 aliphatic heterocycles. The summed E-state index contributed by atoms with van der Waals surface area (Å²) in [6, 6.07) is 15.5. The van der Waals surface area contributed by atoms with Crippen LogP contribution in [-0.2, 0) is 6.54 Å². The molecule has 0 spiro atoms. The molecule has 9 heteroatoms. The van der Waals surface area contributed by atoms with Gasteiger partial charge >= 0.3 is 0 Å². The molecule has 0 bridgehead atoms. The second-order valence-electron chi connectivity index (χ2n) is 8.69. The molecular weight excluding hydrogens is 468 g/mol. The minimum absolute atomic E-state index is 0.0817. The van der Waals surface area contributed by atoms with Crippen LogP contribution < -0.4 is 10.5 Å². The van der Waals surface area contributed by atoms with Crippen molar-refractivity contribution >= 4 is 50.1 Å². The van der Waals surface area contributed by atoms with E-state index < -0.39 is 0 Å². The van der Waals surface area contributed by atoms with E-state index in [1.54, 1.807) is 10.9 Å². The second-order valence-corrected chi connectivity index (χ2v) is 10.2. The molecule has 0 fully saturated rings. The van der Waals surface area contributed by atoms with Crippen LogP contribution in [-0.4, -0.2) is 58.7 Å². The molecule has 5 aromatic rings. The first kappa shape index (κ1) is 22.6. The molecule has 7 nitrogen and oxygen atoms in total. The SMILES string of the molecule is CN(C)CCn1c(N(C)C)nc2ccc(-n3cnc4cc(-c5ccc(Cl)cc5)sc4c3=O)cc21. The summed E-state index contributed by atoms with van der Waals surface area (Å²) in [7, 11) is 8.09. The van der Waals surface area contributed by atoms with Crippen LogP contribution >= 0.6 is 22.9 Å². The van der Waals surface area contributed by atoms with Crippen LogP contribution in [0, 0.1) is 0 Å². The average molecular weight is 493 g/mol. The molecule has 0 radical (unpaired) electrons. The summed E-state index contributed by atoms with van der Waals surface area (Å²) in [6.45, 7) is 1.68. The molecule has 0 saturated heterocycles. The molecule has 0 saturated carbocycles. The Balaban J connectivity index is 1.61. The highest BCUT2D eigenvalue weighted by atomic mass is 35.5. The van der Waals surface area contributed by atoms with Crippen LogP contribution in [0.25, 0.3) is 37.4 Å². The Labute approximate surface area is 206 Å². The van der Waals surface area contributed by atoms with E-state index >= 15 is 0 Å². The fourth-order valence-electron chi connectivity index (χ4n) is 3.96. The van der Waals surface area contributed by atoms with Gasteiger partial charge in [-0.05, 0) is 56.1 Å². The van der Waals surface area contributed by atoms with E-state index in [9.17, 15) is 4.79 Å². The van der Waals surface area contributed by atoms with Crippen molar-refractivity contribution in [3.8, 4) is 16.1 Å². The van der Waals surface area contributed by atoms with Crippen molar-refractivity contribution in [2.45, 2.75) is 6.54 Å². The normalized spacial score (nSPS) is 11.7. The summed E-state index contributed by atoms with van der Waals surface area (Å²) in [5, 5.41) is 0.683. The number of aromatic nitrogens is 4. The van der Waals surface area contributed by atoms with Crippen LogP contribution in [0.4, 0.5) is 5.95 Å². The summed E-state index contributed by atoms with van der Waals surface area (Å²) in [4.78, 5) is 28.0. The predicted octanol–water partition coefficient (Wildman–Crippen LogP) is 4.74. The summed E-state index contributed by atoms with van der Waals surface area (Å²) >= 11 is 7.47. The van der Waals surface area contributed by atoms with Crippen LogP contribution in [0.15, 0.2) is 59.7 Å². The maximum Gasteiger partial charge on any atom is 0.275 e. The molecule has 0 amide bonds. The first-order valence-corrected chi connectivity index (χ1v) is 12.1. The Bertz CT molecular complexity index is 1550. The van der Waals surface area contributed by atoms with E-state index in [0.717, 1.165) is 46.2 Å². The van der Waals surface area contributed by atoms with Crippen molar-refractivity contribution in [2.75, 3.05) is 39.6 Å². The van der Waals surface area contributed by atoms with Gasteiger partial charge in [-0.25, -0.2) is 9.97 Å². The zero-order chi connectivity index (χ0) is 24.0. The lowest BCUT2D eigenvalue weighted by Gasteiger charge is -2.17. The molecule has 3 heterocycles. The molecule has 0 aliphatic rings. The number of rotatable bonds is 6. The summed E-state index contributed by atoms with van der Waals surface area (Å²) in [5.74, 6) is 0.890. The van der Waals surface area contributed by atoms with E-state index in [1.807, 2.05) is 67.5 Å². The van der Waals surface area contributed by atoms with Gasteiger partial charge in [-0.1, -0.05) is 23.7 Å². The highest BCUT2D eigenvalue weighted by Gasteiger charge is 2.16. The van der Waals surface area contributed by atoms with Crippen molar-refractivity contribution in [2.24, 2.45) is 0 Å². The Morgan fingerprint density at radius 1 is 1.00 bits per heavy atom. The fourth-order valence-corrected chi connectivity index (χ4v) is 5.13. The Morgan fingerprint density at radius 3 is 2.47 bits per heavy atom. The van der Waals surface area contributed by atoms with Gasteiger partial charge in [0.1, 0.15) is 11.0 Å². The fraction of sp³-hybridized carbons (Fsp3) is 0.240. The molecule has 0 atom stereocenters. The number of nitrogens with zero attached hydrogens (tertiary/aromatic N) is 6. The lowest BCUT2D eigenvalue weighted by atomic mass is 10.2. The third kappa shape index (κ3) is 4.09. The lowest BCUT2D eigenvalue weighted by molar-refractivity contribution is 0.387. The first-order chi connectivity index (χ1) is 16.3. The number of imidazole rings is 1. The van der Waals surface area contributed by atoms with Crippen LogP contribution in [0.5, 0.6) is 0 Å². The van der Waals surface area contributed by atoms with Gasteiger partial charge < -0.3 is 14.4 Å². The van der Waals surface area contributed by atoms with Gasteiger partial charge in [0.15, 0.2) is 0 Å². The van der Waals surface area contributed by atoms with Gasteiger partial charge in [0.2, 0.25) is 5.95 Å². The van der Waals surface area contributed by atoms with Gasteiger partial charge in [0.25, 0.3) is 5.56 Å². The van der Waals surface area contributed by atoms with Gasteiger partial charge in [0.05, 0.1) is 22.2 Å². The molecule has 5 rings (SSSR count). The molecule has 3 aromatic heterocycles. The summed E-state index contributed by atoms with van der Waals surface area (Å²) in [5.41, 5.74) is 4.29. The smallest absolute Gasteiger partial charge is 0.275 e. The Hall–Kier alpha value is -3.20. The zero-order valence-corrected chi connectivity index (χ0v) is 21.1. The largest absolute Gasteiger partial charge is 0.348 e. The maximum atomic E-state index is 13.5. The number of halogens is 1. The second kappa shape index (κ2) is 8.87. The maximum absolute atomic E-state index is 13.5. The van der Waals surface area contributed by atoms with Gasteiger partial charge in [-0.3, -0.25) is 9.36 Å². The number of fused-ring (bicyclic) bond motifs is 2. The van der Waals surface area contributed by atoms with Crippen molar-refractivity contribution < 1.29 is 0 Å². The highest BCUT2D eigenvalue weighted by molar-refractivity contribution is 7.22. The van der Waals surface area contributed by atoms with Gasteiger partial charge in [-0.15, -0.1) is 11.3 Å². The van der Waals surface area contributed by atoms with E-state index in [-0.39, 0.29) is 5.56 Å². The van der Waals surface area contributed by atoms with Crippen LogP contribution in [0.1, 0.15) is 0 Å². The molecule has 0 unspecified atom stereocenters. The van der Waals surface area contributed by atoms with E-state index in [4.69, 9.17) is 16.6 Å². The lowest BCUT2D eigenvalue weighted by Crippen LogP contribution is -2.22. The van der Waals surface area contributed by atoms with E-state index in [0.29, 0.717) is 15.2 Å². The molecule has 174 valence electrons. The third-order valence-electron chi connectivity index (χ3n) is 5.73. The standard InChI is InChI=1S/C25H25ClN6OS/c1-29(2)11-12-31-21-13-18(9-10-19(21)28-25(31)30(3)4)32-15-27-20-14-22(34-23(20)24(32)33)16-5-7-17(26)8-6-16/h5-10,13-15H,11-12H2,1-4H3. The van der Waals surface area contributed by atoms with Crippen LogP contribution in [0.2, 0.25) is 5.02 Å². The average Bonchev–Trinajstić information content (AvgIpc) is 3.40. The quantitative estimate of drug-likeness (QED) is 0.342. The molecule has 0 aliphatic carbocycles. The monoisotopic (exact) mass is 492 g/mol. The number of likely N-dealkylation sites (N-methyl/N-ethyl adjacent to an activating group) is 1. The van der Waals surface area contributed by atoms with E-state index in [2.05, 4.69) is 28.5 Å². The molecule has 2 aromatic carbocycles. The number of anilines is 1. The molecular formula is C25H25ClN6OS. The number of hydrogen-bond acceptors (Lipinski definition) is 6. The topological polar surface area (TPSA) is 59.2 Å². The summed E-state index contributed by atoms with van der Waals surface area (Å²) in [6.07, 6.45) is 1.61. The van der Waals surface area contributed by atoms with Crippen LogP contribution in [0.3, 0.4) is 0 Å². The van der Waals surface area contributed by atoms with Crippen molar-refractivity contribution in [3.05, 3.63) is 70.2 Å². The minimum atomic E-state index is -0.0817. The molecule has 0 N–H and O–H groups in total. The number of benzene rings is 2.